The van der Waals surface area contributed by atoms with Crippen LogP contribution in [-0.4, -0.2) is 53.7 Å². The average molecular weight is 450 g/mol. The molecule has 0 N–H and O–H groups in total. The molecule has 0 bridgehead atoms. The van der Waals surface area contributed by atoms with Crippen molar-refractivity contribution in [1.29, 1.82) is 0 Å². The monoisotopic (exact) mass is 449 g/mol. The highest BCUT2D eigenvalue weighted by Crippen LogP contribution is 2.20. The first kappa shape index (κ1) is 23.0. The standard InChI is InChI=1S/C26H31N3O4/c1-19-25(20(2)33-27-19)18-32-24-15-28(13-21-8-5-4-6-9-21)17-26(30)29(16-24)14-22-10-7-11-23(12-22)31-3/h4-12,24H,13-18H2,1-3H3. The maximum atomic E-state index is 13.2. The molecule has 4 rings (SSSR count). The third-order valence-corrected chi connectivity index (χ3v) is 6.00. The molecule has 7 nitrogen and oxygen atoms in total. The van der Waals surface area contributed by atoms with Gasteiger partial charge in [-0.15, -0.1) is 0 Å². The summed E-state index contributed by atoms with van der Waals surface area (Å²) >= 11 is 0. The minimum atomic E-state index is -0.139. The fourth-order valence-corrected chi connectivity index (χ4v) is 4.17. The first-order valence-electron chi connectivity index (χ1n) is 11.2. The summed E-state index contributed by atoms with van der Waals surface area (Å²) in [7, 11) is 1.65. The van der Waals surface area contributed by atoms with Gasteiger partial charge in [0.25, 0.3) is 0 Å². The van der Waals surface area contributed by atoms with Gasteiger partial charge in [-0.25, -0.2) is 0 Å². The third-order valence-electron chi connectivity index (χ3n) is 6.00. The molecule has 0 saturated carbocycles. The number of hydrogen-bond donors (Lipinski definition) is 0. The third kappa shape index (κ3) is 6.00. The Morgan fingerprint density at radius 1 is 1.03 bits per heavy atom. The zero-order chi connectivity index (χ0) is 23.2. The number of nitrogens with zero attached hydrogens (tertiary/aromatic N) is 3. The second-order valence-electron chi connectivity index (χ2n) is 8.52. The number of aromatic nitrogens is 1. The van der Waals surface area contributed by atoms with Gasteiger partial charge in [0.2, 0.25) is 5.91 Å². The largest absolute Gasteiger partial charge is 0.497 e. The van der Waals surface area contributed by atoms with Gasteiger partial charge in [-0.05, 0) is 37.1 Å². The van der Waals surface area contributed by atoms with Crippen molar-refractivity contribution in [3.63, 3.8) is 0 Å². The smallest absolute Gasteiger partial charge is 0.237 e. The van der Waals surface area contributed by atoms with Crippen LogP contribution in [0.2, 0.25) is 0 Å². The summed E-state index contributed by atoms with van der Waals surface area (Å²) in [5.74, 6) is 1.65. The van der Waals surface area contributed by atoms with Crippen LogP contribution < -0.4 is 4.74 Å². The predicted molar refractivity (Wildman–Crippen MR) is 125 cm³/mol. The van der Waals surface area contributed by atoms with Crippen LogP contribution in [0.1, 0.15) is 28.1 Å². The van der Waals surface area contributed by atoms with E-state index in [9.17, 15) is 4.79 Å². The molecule has 33 heavy (non-hydrogen) atoms. The van der Waals surface area contributed by atoms with E-state index in [2.05, 4.69) is 22.2 Å². The van der Waals surface area contributed by atoms with Gasteiger partial charge >= 0.3 is 0 Å². The predicted octanol–water partition coefficient (Wildman–Crippen LogP) is 3.73. The Labute approximate surface area is 194 Å². The molecule has 0 aliphatic carbocycles. The van der Waals surface area contributed by atoms with Crippen molar-refractivity contribution in [3.05, 3.63) is 82.7 Å². The maximum Gasteiger partial charge on any atom is 0.237 e. The van der Waals surface area contributed by atoms with Gasteiger partial charge in [-0.2, -0.15) is 0 Å². The van der Waals surface area contributed by atoms with E-state index in [-0.39, 0.29) is 12.0 Å². The number of methoxy groups -OCH3 is 1. The molecule has 1 aliphatic rings. The van der Waals surface area contributed by atoms with Crippen molar-refractivity contribution in [2.45, 2.75) is 39.6 Å². The molecule has 0 spiro atoms. The van der Waals surface area contributed by atoms with Gasteiger partial charge in [0.05, 0.1) is 32.1 Å². The van der Waals surface area contributed by atoms with E-state index in [4.69, 9.17) is 14.0 Å². The molecule has 1 aliphatic heterocycles. The van der Waals surface area contributed by atoms with E-state index in [0.717, 1.165) is 28.3 Å². The molecular formula is C26H31N3O4. The normalized spacial score (nSPS) is 17.2. The minimum absolute atomic E-state index is 0.0946. The van der Waals surface area contributed by atoms with Gasteiger partial charge in [-0.1, -0.05) is 47.6 Å². The van der Waals surface area contributed by atoms with Gasteiger partial charge in [-0.3, -0.25) is 9.69 Å². The van der Waals surface area contributed by atoms with Crippen LogP contribution in [0.15, 0.2) is 59.1 Å². The molecule has 1 aromatic heterocycles. The molecule has 2 heterocycles. The Bertz CT molecular complexity index is 1050. The molecule has 174 valence electrons. The summed E-state index contributed by atoms with van der Waals surface area (Å²) in [4.78, 5) is 17.3. The van der Waals surface area contributed by atoms with E-state index < -0.39 is 0 Å². The van der Waals surface area contributed by atoms with Gasteiger partial charge in [0.15, 0.2) is 0 Å². The summed E-state index contributed by atoms with van der Waals surface area (Å²) in [5, 5.41) is 4.03. The summed E-state index contributed by atoms with van der Waals surface area (Å²) in [5.41, 5.74) is 4.02. The number of carbonyl (C=O) groups is 1. The van der Waals surface area contributed by atoms with Crippen LogP contribution in [0.4, 0.5) is 0 Å². The second-order valence-corrected chi connectivity index (χ2v) is 8.52. The van der Waals surface area contributed by atoms with Gasteiger partial charge < -0.3 is 18.9 Å². The van der Waals surface area contributed by atoms with E-state index >= 15 is 0 Å². The van der Waals surface area contributed by atoms with E-state index in [0.29, 0.717) is 39.3 Å². The van der Waals surface area contributed by atoms with Crippen molar-refractivity contribution in [1.82, 2.24) is 15.0 Å². The van der Waals surface area contributed by atoms with Crippen LogP contribution in [-0.2, 0) is 29.2 Å². The number of hydrogen-bond acceptors (Lipinski definition) is 6. The minimum Gasteiger partial charge on any atom is -0.497 e. The molecule has 7 heteroatoms. The molecule has 1 saturated heterocycles. The number of benzene rings is 2. The first-order valence-corrected chi connectivity index (χ1v) is 11.2. The highest BCUT2D eigenvalue weighted by Gasteiger charge is 2.29. The summed E-state index contributed by atoms with van der Waals surface area (Å²) in [6.07, 6.45) is -0.139. The lowest BCUT2D eigenvalue weighted by Gasteiger charge is -2.25. The van der Waals surface area contributed by atoms with Crippen molar-refractivity contribution in [2.75, 3.05) is 26.7 Å². The zero-order valence-corrected chi connectivity index (χ0v) is 19.5. The Kier molecular flexibility index (Phi) is 7.42. The fourth-order valence-electron chi connectivity index (χ4n) is 4.17. The van der Waals surface area contributed by atoms with Crippen LogP contribution in [0, 0.1) is 13.8 Å². The number of rotatable bonds is 8. The second kappa shape index (κ2) is 10.6. The Hall–Kier alpha value is -3.16. The van der Waals surface area contributed by atoms with Crippen molar-refractivity contribution < 1.29 is 18.8 Å². The van der Waals surface area contributed by atoms with E-state index in [1.54, 1.807) is 7.11 Å². The fraction of sp³-hybridized carbons (Fsp3) is 0.385. The quantitative estimate of drug-likeness (QED) is 0.522. The number of ether oxygens (including phenoxy) is 2. The lowest BCUT2D eigenvalue weighted by atomic mass is 10.2. The average Bonchev–Trinajstić information content (AvgIpc) is 3.06. The lowest BCUT2D eigenvalue weighted by Crippen LogP contribution is -2.37. The lowest BCUT2D eigenvalue weighted by molar-refractivity contribution is -0.132. The Morgan fingerprint density at radius 2 is 1.82 bits per heavy atom. The number of amides is 1. The van der Waals surface area contributed by atoms with E-state index in [1.807, 2.05) is 61.2 Å². The molecule has 1 amide bonds. The Morgan fingerprint density at radius 3 is 2.55 bits per heavy atom. The van der Waals surface area contributed by atoms with Crippen LogP contribution >= 0.6 is 0 Å². The maximum absolute atomic E-state index is 13.2. The highest BCUT2D eigenvalue weighted by atomic mass is 16.5. The Balaban J connectivity index is 1.51. The number of aryl methyl sites for hydroxylation is 2. The number of carbonyl (C=O) groups excluding carboxylic acids is 1. The van der Waals surface area contributed by atoms with Crippen LogP contribution in [0.3, 0.4) is 0 Å². The van der Waals surface area contributed by atoms with Crippen LogP contribution in [0.25, 0.3) is 0 Å². The molecule has 1 fully saturated rings. The zero-order valence-electron chi connectivity index (χ0n) is 19.5. The topological polar surface area (TPSA) is 68.0 Å². The molecule has 1 unspecified atom stereocenters. The molecular weight excluding hydrogens is 418 g/mol. The van der Waals surface area contributed by atoms with E-state index in [1.165, 1.54) is 5.56 Å². The summed E-state index contributed by atoms with van der Waals surface area (Å²) < 4.78 is 17.0. The van der Waals surface area contributed by atoms with Gasteiger partial charge in [0, 0.05) is 31.7 Å². The van der Waals surface area contributed by atoms with Crippen molar-refractivity contribution in [3.8, 4) is 5.75 Å². The first-order chi connectivity index (χ1) is 16.0. The van der Waals surface area contributed by atoms with Crippen molar-refractivity contribution in [2.24, 2.45) is 0 Å². The molecule has 3 aromatic rings. The molecule has 2 aromatic carbocycles. The molecule has 1 atom stereocenters. The van der Waals surface area contributed by atoms with Crippen molar-refractivity contribution >= 4 is 5.91 Å². The molecule has 0 radical (unpaired) electrons. The SMILES string of the molecule is COc1cccc(CN2CC(OCc3c(C)noc3C)CN(Cc3ccccc3)CC2=O)c1. The highest BCUT2D eigenvalue weighted by molar-refractivity contribution is 5.78. The summed E-state index contributed by atoms with van der Waals surface area (Å²) in [6.45, 7) is 6.97. The van der Waals surface area contributed by atoms with Crippen LogP contribution in [0.5, 0.6) is 5.75 Å². The van der Waals surface area contributed by atoms with Gasteiger partial charge in [0.1, 0.15) is 11.5 Å². The summed E-state index contributed by atoms with van der Waals surface area (Å²) in [6, 6.07) is 18.1.